The fourth-order valence-electron chi connectivity index (χ4n) is 1.70. The predicted octanol–water partition coefficient (Wildman–Crippen LogP) is 3.70. The summed E-state index contributed by atoms with van der Waals surface area (Å²) in [6.07, 6.45) is 0.493. The molecule has 0 bridgehead atoms. The Hall–Kier alpha value is -0.260. The summed E-state index contributed by atoms with van der Waals surface area (Å²) >= 11 is 9.30. The first-order valence-corrected chi connectivity index (χ1v) is 9.22. The van der Waals surface area contributed by atoms with Crippen LogP contribution in [0, 0.1) is 6.92 Å². The number of hydrogen-bond donors (Lipinski definition) is 0. The van der Waals surface area contributed by atoms with Crippen LogP contribution in [-0.2, 0) is 15.7 Å². The van der Waals surface area contributed by atoms with E-state index in [1.807, 2.05) is 19.1 Å². The maximum atomic E-state index is 11.4. The fourth-order valence-corrected chi connectivity index (χ4v) is 3.37. The summed E-state index contributed by atoms with van der Waals surface area (Å²) in [5.41, 5.74) is 1.90. The van der Waals surface area contributed by atoms with E-state index < -0.39 is 9.84 Å². The van der Waals surface area contributed by atoms with Gasteiger partial charge in [-0.25, -0.2) is 8.42 Å². The van der Waals surface area contributed by atoms with E-state index in [0.29, 0.717) is 18.9 Å². The van der Waals surface area contributed by atoms with Gasteiger partial charge in [-0.1, -0.05) is 22.9 Å². The highest BCUT2D eigenvalue weighted by Crippen LogP contribution is 2.29. The van der Waals surface area contributed by atoms with Crippen molar-refractivity contribution in [3.05, 3.63) is 27.7 Å². The molecular weight excluding hydrogens is 352 g/mol. The van der Waals surface area contributed by atoms with Crippen molar-refractivity contribution in [2.45, 2.75) is 26.1 Å². The van der Waals surface area contributed by atoms with E-state index in [1.165, 1.54) is 0 Å². The molecule has 0 spiro atoms. The topological polar surface area (TPSA) is 43.4 Å². The quantitative estimate of drug-likeness (QED) is 0.544. The van der Waals surface area contributed by atoms with E-state index in [1.54, 1.807) is 6.92 Å². The number of halogens is 2. The minimum atomic E-state index is -2.92. The molecule has 1 rings (SSSR count). The van der Waals surface area contributed by atoms with Gasteiger partial charge >= 0.3 is 0 Å². The lowest BCUT2D eigenvalue weighted by molar-refractivity contribution is 0.313. The molecule has 0 saturated carbocycles. The summed E-state index contributed by atoms with van der Waals surface area (Å²) in [5, 5.41) is 0. The Balaban J connectivity index is 2.63. The van der Waals surface area contributed by atoms with Crippen LogP contribution in [0.4, 0.5) is 0 Å². The lowest BCUT2D eigenvalue weighted by atomic mass is 10.1. The number of sulfone groups is 1. The second-order valence-electron chi connectivity index (χ2n) is 4.28. The van der Waals surface area contributed by atoms with E-state index in [4.69, 9.17) is 16.3 Å². The molecule has 19 heavy (non-hydrogen) atoms. The molecule has 1 aromatic carbocycles. The first-order chi connectivity index (χ1) is 8.89. The smallest absolute Gasteiger partial charge is 0.150 e. The third-order valence-corrected chi connectivity index (χ3v) is 5.28. The van der Waals surface area contributed by atoms with Crippen molar-refractivity contribution in [2.75, 3.05) is 18.1 Å². The average Bonchev–Trinajstić information content (AvgIpc) is 2.35. The lowest BCUT2D eigenvalue weighted by Crippen LogP contribution is -2.12. The van der Waals surface area contributed by atoms with Crippen LogP contribution in [0.5, 0.6) is 5.75 Å². The van der Waals surface area contributed by atoms with Gasteiger partial charge in [0.15, 0.2) is 0 Å². The molecule has 0 heterocycles. The molecule has 0 fully saturated rings. The Morgan fingerprint density at radius 3 is 2.63 bits per heavy atom. The molecule has 0 amide bonds. The lowest BCUT2D eigenvalue weighted by Gasteiger charge is -2.13. The Labute approximate surface area is 128 Å². The predicted molar refractivity (Wildman–Crippen MR) is 82.9 cm³/mol. The summed E-state index contributed by atoms with van der Waals surface area (Å²) in [6.45, 7) is 3.98. The van der Waals surface area contributed by atoms with E-state index >= 15 is 0 Å². The number of aryl methyl sites for hydroxylation is 1. The monoisotopic (exact) mass is 368 g/mol. The Morgan fingerprint density at radius 2 is 2.05 bits per heavy atom. The SMILES string of the molecule is CCS(=O)(=O)CCCOc1c(C)cc(Br)cc1CCl. The Bertz CT molecular complexity index is 529. The number of rotatable bonds is 7. The largest absolute Gasteiger partial charge is 0.493 e. The number of ether oxygens (including phenoxy) is 1. The Kier molecular flexibility index (Phi) is 6.63. The number of alkyl halides is 1. The summed E-state index contributed by atoms with van der Waals surface area (Å²) < 4.78 is 29.4. The second kappa shape index (κ2) is 7.50. The minimum absolute atomic E-state index is 0.162. The van der Waals surface area contributed by atoms with Crippen molar-refractivity contribution in [3.8, 4) is 5.75 Å². The summed E-state index contributed by atoms with van der Waals surface area (Å²) in [6, 6.07) is 3.87. The maximum absolute atomic E-state index is 11.4. The van der Waals surface area contributed by atoms with Gasteiger partial charge in [0.25, 0.3) is 0 Å². The van der Waals surface area contributed by atoms with Crippen LogP contribution in [0.15, 0.2) is 16.6 Å². The van der Waals surface area contributed by atoms with Crippen molar-refractivity contribution < 1.29 is 13.2 Å². The van der Waals surface area contributed by atoms with E-state index in [-0.39, 0.29) is 11.5 Å². The fraction of sp³-hybridized carbons (Fsp3) is 0.538. The first kappa shape index (κ1) is 16.8. The third kappa shape index (κ3) is 5.32. The first-order valence-electron chi connectivity index (χ1n) is 6.08. The zero-order valence-electron chi connectivity index (χ0n) is 11.1. The zero-order chi connectivity index (χ0) is 14.5. The highest BCUT2D eigenvalue weighted by atomic mass is 79.9. The maximum Gasteiger partial charge on any atom is 0.150 e. The molecule has 0 unspecified atom stereocenters. The third-order valence-electron chi connectivity index (χ3n) is 2.75. The molecule has 0 aliphatic rings. The van der Waals surface area contributed by atoms with E-state index in [9.17, 15) is 8.42 Å². The number of benzene rings is 1. The van der Waals surface area contributed by atoms with Gasteiger partial charge in [-0.2, -0.15) is 0 Å². The van der Waals surface area contributed by atoms with Crippen LogP contribution in [0.2, 0.25) is 0 Å². The summed E-state index contributed by atoms with van der Waals surface area (Å²) in [4.78, 5) is 0. The van der Waals surface area contributed by atoms with Gasteiger partial charge in [-0.05, 0) is 31.0 Å². The highest BCUT2D eigenvalue weighted by molar-refractivity contribution is 9.10. The molecule has 0 atom stereocenters. The van der Waals surface area contributed by atoms with Crippen molar-refractivity contribution in [1.82, 2.24) is 0 Å². The minimum Gasteiger partial charge on any atom is -0.493 e. The van der Waals surface area contributed by atoms with E-state index in [0.717, 1.165) is 21.3 Å². The summed E-state index contributed by atoms with van der Waals surface area (Å²) in [5.74, 6) is 1.46. The second-order valence-corrected chi connectivity index (χ2v) is 7.94. The Morgan fingerprint density at radius 1 is 1.37 bits per heavy atom. The summed E-state index contributed by atoms with van der Waals surface area (Å²) in [7, 11) is -2.92. The van der Waals surface area contributed by atoms with Gasteiger partial charge in [0, 0.05) is 15.8 Å². The van der Waals surface area contributed by atoms with Crippen LogP contribution in [0.3, 0.4) is 0 Å². The van der Waals surface area contributed by atoms with Gasteiger partial charge < -0.3 is 4.74 Å². The van der Waals surface area contributed by atoms with Crippen LogP contribution in [-0.4, -0.2) is 26.5 Å². The molecule has 0 saturated heterocycles. The highest BCUT2D eigenvalue weighted by Gasteiger charge is 2.10. The molecular formula is C13H18BrClO3S. The number of hydrogen-bond acceptors (Lipinski definition) is 3. The molecule has 3 nitrogen and oxygen atoms in total. The molecule has 0 N–H and O–H groups in total. The average molecular weight is 370 g/mol. The molecule has 6 heteroatoms. The van der Waals surface area contributed by atoms with Crippen LogP contribution < -0.4 is 4.74 Å². The molecule has 0 radical (unpaired) electrons. The molecule has 1 aromatic rings. The van der Waals surface area contributed by atoms with Gasteiger partial charge in [0.05, 0.1) is 18.2 Å². The van der Waals surface area contributed by atoms with Crippen molar-refractivity contribution in [2.24, 2.45) is 0 Å². The normalized spacial score (nSPS) is 11.6. The standard InChI is InChI=1S/C13H18BrClO3S/c1-3-19(16,17)6-4-5-18-13-10(2)7-12(14)8-11(13)9-15/h7-8H,3-6,9H2,1-2H3. The van der Waals surface area contributed by atoms with Gasteiger partial charge in [-0.3, -0.25) is 0 Å². The van der Waals surface area contributed by atoms with Crippen molar-refractivity contribution >= 4 is 37.4 Å². The van der Waals surface area contributed by atoms with Gasteiger partial charge in [0.2, 0.25) is 0 Å². The molecule has 0 aliphatic carbocycles. The van der Waals surface area contributed by atoms with Crippen LogP contribution in [0.1, 0.15) is 24.5 Å². The van der Waals surface area contributed by atoms with Gasteiger partial charge in [-0.15, -0.1) is 11.6 Å². The van der Waals surface area contributed by atoms with E-state index in [2.05, 4.69) is 15.9 Å². The van der Waals surface area contributed by atoms with Crippen molar-refractivity contribution in [1.29, 1.82) is 0 Å². The van der Waals surface area contributed by atoms with Crippen molar-refractivity contribution in [3.63, 3.8) is 0 Å². The van der Waals surface area contributed by atoms with Gasteiger partial charge in [0.1, 0.15) is 15.6 Å². The molecule has 0 aliphatic heterocycles. The molecule has 0 aromatic heterocycles. The molecule has 108 valence electrons. The van der Waals surface area contributed by atoms with Crippen LogP contribution in [0.25, 0.3) is 0 Å². The zero-order valence-corrected chi connectivity index (χ0v) is 14.2. The van der Waals surface area contributed by atoms with Crippen LogP contribution >= 0.6 is 27.5 Å².